The molecular weight excluding hydrogens is 196 g/mol. The maximum Gasteiger partial charge on any atom is 0.254 e. The number of piperidine rings is 1. The first-order chi connectivity index (χ1) is 6.82. The monoisotopic (exact) mass is 216 g/mol. The highest BCUT2D eigenvalue weighted by atomic mass is 16.3. The number of hydrogen-bond acceptors (Lipinski definition) is 4. The first kappa shape index (κ1) is 12.4. The summed E-state index contributed by atoms with van der Waals surface area (Å²) in [4.78, 5) is 13.3. The number of rotatable bonds is 2. The van der Waals surface area contributed by atoms with E-state index in [-0.39, 0.29) is 6.04 Å². The molecule has 0 aromatic rings. The highest BCUT2D eigenvalue weighted by molar-refractivity contribution is 5.82. The number of hydrogen-bond donors (Lipinski definition) is 3. The number of amides is 1. The minimum absolute atomic E-state index is 0.147. The van der Waals surface area contributed by atoms with E-state index in [4.69, 9.17) is 5.73 Å². The van der Waals surface area contributed by atoms with Gasteiger partial charge in [0.05, 0.1) is 5.60 Å². The van der Waals surface area contributed by atoms with Crippen LogP contribution in [0.25, 0.3) is 0 Å². The van der Waals surface area contributed by atoms with Crippen molar-refractivity contribution in [2.75, 3.05) is 13.1 Å². The number of aliphatic hydroxyl groups is 2. The summed E-state index contributed by atoms with van der Waals surface area (Å²) in [5, 5.41) is 19.1. The van der Waals surface area contributed by atoms with E-state index in [9.17, 15) is 15.0 Å². The van der Waals surface area contributed by atoms with Crippen LogP contribution in [0.15, 0.2) is 0 Å². The van der Waals surface area contributed by atoms with Crippen LogP contribution in [0.4, 0.5) is 0 Å². The van der Waals surface area contributed by atoms with Crippen LogP contribution in [0, 0.1) is 0 Å². The third-order valence-electron chi connectivity index (χ3n) is 2.75. The topological polar surface area (TPSA) is 86.8 Å². The van der Waals surface area contributed by atoms with Gasteiger partial charge >= 0.3 is 0 Å². The van der Waals surface area contributed by atoms with Crippen LogP contribution in [0.1, 0.15) is 26.7 Å². The zero-order valence-electron chi connectivity index (χ0n) is 9.31. The van der Waals surface area contributed by atoms with E-state index in [2.05, 4.69) is 0 Å². The van der Waals surface area contributed by atoms with Crippen molar-refractivity contribution in [3.8, 4) is 0 Å². The SMILES string of the molecule is CC(C)(O)C(O)C(=O)N1CCC(N)CC1. The second-order valence-corrected chi connectivity index (χ2v) is 4.72. The fourth-order valence-electron chi connectivity index (χ4n) is 1.59. The molecule has 1 atom stereocenters. The summed E-state index contributed by atoms with van der Waals surface area (Å²) >= 11 is 0. The van der Waals surface area contributed by atoms with Crippen LogP contribution in [-0.4, -0.2) is 51.9 Å². The van der Waals surface area contributed by atoms with E-state index in [1.165, 1.54) is 13.8 Å². The van der Waals surface area contributed by atoms with Crippen LogP contribution < -0.4 is 5.73 Å². The van der Waals surface area contributed by atoms with Crippen molar-refractivity contribution in [2.45, 2.75) is 44.4 Å². The molecule has 0 aromatic carbocycles. The summed E-state index contributed by atoms with van der Waals surface area (Å²) in [6.07, 6.45) is 0.154. The molecule has 1 aliphatic rings. The van der Waals surface area contributed by atoms with E-state index in [1.54, 1.807) is 4.90 Å². The first-order valence-corrected chi connectivity index (χ1v) is 5.27. The van der Waals surface area contributed by atoms with Crippen molar-refractivity contribution in [2.24, 2.45) is 5.73 Å². The molecule has 1 unspecified atom stereocenters. The molecule has 0 saturated carbocycles. The average molecular weight is 216 g/mol. The molecule has 4 N–H and O–H groups in total. The maximum atomic E-state index is 11.7. The third kappa shape index (κ3) is 3.15. The predicted molar refractivity (Wildman–Crippen MR) is 56.1 cm³/mol. The third-order valence-corrected chi connectivity index (χ3v) is 2.75. The molecule has 1 saturated heterocycles. The van der Waals surface area contributed by atoms with Crippen LogP contribution in [-0.2, 0) is 4.79 Å². The van der Waals surface area contributed by atoms with E-state index < -0.39 is 17.6 Å². The Morgan fingerprint density at radius 1 is 1.47 bits per heavy atom. The zero-order valence-corrected chi connectivity index (χ0v) is 9.31. The van der Waals surface area contributed by atoms with E-state index in [0.29, 0.717) is 13.1 Å². The number of nitrogens with two attached hydrogens (primary N) is 1. The van der Waals surface area contributed by atoms with Gasteiger partial charge in [-0.1, -0.05) is 0 Å². The van der Waals surface area contributed by atoms with Gasteiger partial charge in [0, 0.05) is 19.1 Å². The van der Waals surface area contributed by atoms with E-state index in [0.717, 1.165) is 12.8 Å². The lowest BCUT2D eigenvalue weighted by Gasteiger charge is -2.34. The molecule has 0 spiro atoms. The summed E-state index contributed by atoms with van der Waals surface area (Å²) in [5.41, 5.74) is 4.32. The summed E-state index contributed by atoms with van der Waals surface area (Å²) < 4.78 is 0. The standard InChI is InChI=1S/C10H20N2O3/c1-10(2,15)8(13)9(14)12-5-3-7(11)4-6-12/h7-8,13,15H,3-6,11H2,1-2H3. The molecule has 0 radical (unpaired) electrons. The van der Waals surface area contributed by atoms with Gasteiger partial charge in [-0.15, -0.1) is 0 Å². The van der Waals surface area contributed by atoms with Crippen LogP contribution in [0.3, 0.4) is 0 Å². The highest BCUT2D eigenvalue weighted by Crippen LogP contribution is 2.15. The van der Waals surface area contributed by atoms with Gasteiger partial charge in [-0.05, 0) is 26.7 Å². The Morgan fingerprint density at radius 3 is 2.33 bits per heavy atom. The maximum absolute atomic E-state index is 11.7. The Labute approximate surface area is 89.9 Å². The fraction of sp³-hybridized carbons (Fsp3) is 0.900. The zero-order chi connectivity index (χ0) is 11.6. The molecule has 0 aromatic heterocycles. The van der Waals surface area contributed by atoms with Crippen LogP contribution >= 0.6 is 0 Å². The molecule has 1 rings (SSSR count). The first-order valence-electron chi connectivity index (χ1n) is 5.27. The Bertz CT molecular complexity index is 229. The summed E-state index contributed by atoms with van der Waals surface area (Å²) in [7, 11) is 0. The minimum Gasteiger partial charge on any atom is -0.387 e. The van der Waals surface area contributed by atoms with Gasteiger partial charge in [-0.3, -0.25) is 4.79 Å². The molecule has 0 bridgehead atoms. The molecule has 1 heterocycles. The van der Waals surface area contributed by atoms with Crippen molar-refractivity contribution < 1.29 is 15.0 Å². The number of carbonyl (C=O) groups excluding carboxylic acids is 1. The van der Waals surface area contributed by atoms with Crippen molar-refractivity contribution >= 4 is 5.91 Å². The molecule has 1 aliphatic heterocycles. The Kier molecular flexibility index (Phi) is 3.70. The molecule has 88 valence electrons. The van der Waals surface area contributed by atoms with Gasteiger partial charge in [0.15, 0.2) is 6.10 Å². The van der Waals surface area contributed by atoms with Gasteiger partial charge < -0.3 is 20.8 Å². The largest absolute Gasteiger partial charge is 0.387 e. The number of likely N-dealkylation sites (tertiary alicyclic amines) is 1. The lowest BCUT2D eigenvalue weighted by molar-refractivity contribution is -0.153. The lowest BCUT2D eigenvalue weighted by Crippen LogP contribution is -2.52. The van der Waals surface area contributed by atoms with Crippen molar-refractivity contribution in [1.29, 1.82) is 0 Å². The average Bonchev–Trinajstić information content (AvgIpc) is 2.15. The van der Waals surface area contributed by atoms with Crippen molar-refractivity contribution in [3.63, 3.8) is 0 Å². The van der Waals surface area contributed by atoms with Gasteiger partial charge in [-0.2, -0.15) is 0 Å². The second-order valence-electron chi connectivity index (χ2n) is 4.72. The predicted octanol–water partition coefficient (Wildman–Crippen LogP) is -0.932. The summed E-state index contributed by atoms with van der Waals surface area (Å²) in [6.45, 7) is 3.97. The normalized spacial score (nSPS) is 21.5. The Morgan fingerprint density at radius 2 is 1.93 bits per heavy atom. The van der Waals surface area contributed by atoms with Crippen LogP contribution in [0.5, 0.6) is 0 Å². The quantitative estimate of drug-likeness (QED) is 0.556. The van der Waals surface area contributed by atoms with Crippen molar-refractivity contribution in [1.82, 2.24) is 4.90 Å². The molecule has 5 nitrogen and oxygen atoms in total. The minimum atomic E-state index is -1.39. The highest BCUT2D eigenvalue weighted by Gasteiger charge is 2.35. The Balaban J connectivity index is 2.54. The number of nitrogens with zero attached hydrogens (tertiary/aromatic N) is 1. The summed E-state index contributed by atoms with van der Waals surface area (Å²) in [5.74, 6) is -0.408. The lowest BCUT2D eigenvalue weighted by atomic mass is 9.99. The van der Waals surface area contributed by atoms with Crippen molar-refractivity contribution in [3.05, 3.63) is 0 Å². The molecular formula is C10H20N2O3. The Hall–Kier alpha value is -0.650. The van der Waals surface area contributed by atoms with E-state index in [1.807, 2.05) is 0 Å². The van der Waals surface area contributed by atoms with Gasteiger partial charge in [0.2, 0.25) is 0 Å². The molecule has 15 heavy (non-hydrogen) atoms. The fourth-order valence-corrected chi connectivity index (χ4v) is 1.59. The van der Waals surface area contributed by atoms with Gasteiger partial charge in [0.25, 0.3) is 5.91 Å². The molecule has 0 aliphatic carbocycles. The number of aliphatic hydroxyl groups excluding tert-OH is 1. The summed E-state index contributed by atoms with van der Waals surface area (Å²) in [6, 6.07) is 0.147. The smallest absolute Gasteiger partial charge is 0.254 e. The van der Waals surface area contributed by atoms with Gasteiger partial charge in [0.1, 0.15) is 0 Å². The number of carbonyl (C=O) groups is 1. The molecule has 1 fully saturated rings. The van der Waals surface area contributed by atoms with Gasteiger partial charge in [-0.25, -0.2) is 0 Å². The van der Waals surface area contributed by atoms with Crippen LogP contribution in [0.2, 0.25) is 0 Å². The molecule has 1 amide bonds. The molecule has 5 heteroatoms. The van der Waals surface area contributed by atoms with E-state index >= 15 is 0 Å². The second kappa shape index (κ2) is 4.47.